The van der Waals surface area contributed by atoms with Crippen LogP contribution in [-0.4, -0.2) is 77.4 Å². The number of hydrogen-bond acceptors (Lipinski definition) is 14. The quantitative estimate of drug-likeness (QED) is 0.0743. The summed E-state index contributed by atoms with van der Waals surface area (Å²) < 4.78 is 139. The van der Waals surface area contributed by atoms with Crippen LogP contribution in [0.25, 0.3) is 32.7 Å². The zero-order chi connectivity index (χ0) is 64.0. The number of ether oxygens (including phenoxy) is 3. The van der Waals surface area contributed by atoms with Gasteiger partial charge in [0.2, 0.25) is 0 Å². The minimum absolute atomic E-state index is 0.140. The molecule has 9 aromatic rings. The molecule has 3 unspecified atom stereocenters. The Kier molecular flexibility index (Phi) is 20.7. The van der Waals surface area contributed by atoms with Gasteiger partial charge in [-0.15, -0.1) is 0 Å². The summed E-state index contributed by atoms with van der Waals surface area (Å²) in [6.45, 7) is 14.3. The molecule has 470 valence electrons. The summed E-state index contributed by atoms with van der Waals surface area (Å²) in [7, 11) is 4.79. The molecule has 0 radical (unpaired) electrons. The van der Waals surface area contributed by atoms with Crippen LogP contribution in [0.4, 0.5) is 68.3 Å². The van der Waals surface area contributed by atoms with E-state index in [0.29, 0.717) is 63.1 Å². The maximum absolute atomic E-state index is 14.6. The van der Waals surface area contributed by atoms with Crippen LogP contribution >= 0.6 is 15.9 Å². The molecule has 0 amide bonds. The van der Waals surface area contributed by atoms with Gasteiger partial charge in [0.1, 0.15) is 69.6 Å². The summed E-state index contributed by atoms with van der Waals surface area (Å²) in [5.41, 5.74) is 2.76. The molecule has 24 heteroatoms. The number of alkyl halides is 6. The standard InChI is InChI=1S/2C23H25F3N4O.C19H17BrF3N3O/c2*1-13(15-7-6-8-16(21(15)24)22(25)26)27-23-17-11-20(31-3)19(30-9-4-5-10-30)12-18(17)28-14(2)29-23;1-9(11-5-4-6-12(17(11)21)18(22)23)24-19-13-7-16(27-3)14(20)8-15(13)25-10(2)26-19/h2*6-8,11-13,22H,4-5,9-10H2,1-3H3,(H,27,28,29);4-9,18H,1-3H3,(H,24,25,26). The fourth-order valence-electron chi connectivity index (χ4n) is 11.1. The average Bonchev–Trinajstić information content (AvgIpc) is 2.53. The number of nitrogens with zero attached hydrogens (tertiary/aromatic N) is 8. The highest BCUT2D eigenvalue weighted by atomic mass is 79.9. The molecule has 0 spiro atoms. The molecule has 5 heterocycles. The molecule has 3 N–H and O–H groups in total. The summed E-state index contributed by atoms with van der Waals surface area (Å²) in [5, 5.41) is 11.6. The van der Waals surface area contributed by atoms with Crippen LogP contribution in [0.5, 0.6) is 17.2 Å². The predicted molar refractivity (Wildman–Crippen MR) is 333 cm³/mol. The molecule has 2 aliphatic rings. The number of halogens is 10. The Labute approximate surface area is 517 Å². The van der Waals surface area contributed by atoms with Gasteiger partial charge in [-0.3, -0.25) is 0 Å². The van der Waals surface area contributed by atoms with E-state index in [1.54, 1.807) is 75.0 Å². The average molecular weight is 1300 g/mol. The van der Waals surface area contributed by atoms with Gasteiger partial charge in [-0.2, -0.15) is 0 Å². The first-order valence-corrected chi connectivity index (χ1v) is 29.6. The van der Waals surface area contributed by atoms with Crippen molar-refractivity contribution in [2.75, 3.05) is 73.3 Å². The SMILES string of the molecule is COc1cc2c(NC(C)c3cccc(C(F)F)c3F)nc(C)nc2cc1Br.COc1cc2c(NC(C)c3cccc(C(F)F)c3F)nc(C)nc2cc1N1CCCC1.COc1cc2c(NC(C)c3cccc(C(F)F)c3F)nc(C)nc2cc1N1CCCC1. The Balaban J connectivity index is 0.000000159. The second-order valence-electron chi connectivity index (χ2n) is 21.6. The van der Waals surface area contributed by atoms with Crippen LogP contribution in [0.3, 0.4) is 0 Å². The normalized spacial score (nSPS) is 14.2. The number of hydrogen-bond donors (Lipinski definition) is 3. The molecule has 3 atom stereocenters. The highest BCUT2D eigenvalue weighted by molar-refractivity contribution is 9.10. The molecule has 6 aromatic carbocycles. The molecule has 2 aliphatic heterocycles. The molecule has 11 rings (SSSR count). The van der Waals surface area contributed by atoms with Crippen molar-refractivity contribution >= 4 is 77.5 Å². The Morgan fingerprint density at radius 3 is 0.989 bits per heavy atom. The monoisotopic (exact) mass is 1300 g/mol. The van der Waals surface area contributed by atoms with E-state index in [1.165, 1.54) is 36.4 Å². The lowest BCUT2D eigenvalue weighted by atomic mass is 10.0. The first-order chi connectivity index (χ1) is 42.6. The van der Waals surface area contributed by atoms with Crippen molar-refractivity contribution in [3.05, 3.63) is 164 Å². The first kappa shape index (κ1) is 65.0. The zero-order valence-corrected chi connectivity index (χ0v) is 51.9. The maximum atomic E-state index is 14.6. The van der Waals surface area contributed by atoms with Gasteiger partial charge in [0.15, 0.2) is 0 Å². The predicted octanol–water partition coefficient (Wildman–Crippen LogP) is 17.6. The number of aryl methyl sites for hydroxylation is 3. The van der Waals surface area contributed by atoms with Gasteiger partial charge >= 0.3 is 0 Å². The smallest absolute Gasteiger partial charge is 0.266 e. The van der Waals surface area contributed by atoms with Crippen LogP contribution in [0.2, 0.25) is 0 Å². The van der Waals surface area contributed by atoms with Crippen molar-refractivity contribution in [2.24, 2.45) is 0 Å². The number of nitrogens with one attached hydrogen (secondary N) is 3. The van der Waals surface area contributed by atoms with E-state index >= 15 is 0 Å². The molecule has 3 aromatic heterocycles. The van der Waals surface area contributed by atoms with Crippen LogP contribution in [0.1, 0.15) is 135 Å². The fourth-order valence-corrected chi connectivity index (χ4v) is 11.5. The number of rotatable bonds is 17. The van der Waals surface area contributed by atoms with Gasteiger partial charge in [-0.05, 0) is 120 Å². The summed E-state index contributed by atoms with van der Waals surface area (Å²) in [5.74, 6) is 2.41. The van der Waals surface area contributed by atoms with E-state index in [0.717, 1.165) is 108 Å². The lowest BCUT2D eigenvalue weighted by molar-refractivity contribution is 0.145. The first-order valence-electron chi connectivity index (χ1n) is 28.8. The van der Waals surface area contributed by atoms with E-state index in [4.69, 9.17) is 14.2 Å². The van der Waals surface area contributed by atoms with Gasteiger partial charge in [0.05, 0.1) is 88.5 Å². The van der Waals surface area contributed by atoms with Gasteiger partial charge in [-0.1, -0.05) is 54.6 Å². The van der Waals surface area contributed by atoms with E-state index in [9.17, 15) is 39.5 Å². The molecular weight excluding hydrogens is 1230 g/mol. The van der Waals surface area contributed by atoms with Crippen molar-refractivity contribution in [1.29, 1.82) is 0 Å². The summed E-state index contributed by atoms with van der Waals surface area (Å²) in [6.07, 6.45) is -4.07. The minimum atomic E-state index is -2.87. The largest absolute Gasteiger partial charge is 0.496 e. The van der Waals surface area contributed by atoms with Gasteiger partial charge in [-0.25, -0.2) is 69.4 Å². The summed E-state index contributed by atoms with van der Waals surface area (Å²) >= 11 is 3.42. The van der Waals surface area contributed by atoms with Gasteiger partial charge < -0.3 is 40.0 Å². The molecule has 0 bridgehead atoms. The third kappa shape index (κ3) is 14.5. The Morgan fingerprint density at radius 2 is 0.697 bits per heavy atom. The van der Waals surface area contributed by atoms with Crippen molar-refractivity contribution in [1.82, 2.24) is 29.9 Å². The third-order valence-electron chi connectivity index (χ3n) is 15.5. The van der Waals surface area contributed by atoms with Crippen LogP contribution in [-0.2, 0) is 0 Å². The van der Waals surface area contributed by atoms with Crippen molar-refractivity contribution in [3.8, 4) is 17.2 Å². The second kappa shape index (κ2) is 28.4. The molecule has 0 aliphatic carbocycles. The summed E-state index contributed by atoms with van der Waals surface area (Å²) in [6, 6.07) is 21.6. The number of anilines is 5. The molecular formula is C65H67BrF9N11O3. The maximum Gasteiger partial charge on any atom is 0.266 e. The Hall–Kier alpha value is -8.41. The number of fused-ring (bicyclic) bond motifs is 3. The minimum Gasteiger partial charge on any atom is -0.496 e. The van der Waals surface area contributed by atoms with Crippen molar-refractivity contribution in [2.45, 2.75) is 105 Å². The number of benzene rings is 6. The third-order valence-corrected chi connectivity index (χ3v) is 16.2. The Bertz CT molecular complexity index is 3830. The van der Waals surface area contributed by atoms with Gasteiger partial charge in [0.25, 0.3) is 19.3 Å². The molecule has 14 nitrogen and oxygen atoms in total. The number of aromatic nitrogens is 6. The van der Waals surface area contributed by atoms with Crippen LogP contribution in [0.15, 0.2) is 95.5 Å². The van der Waals surface area contributed by atoms with Crippen LogP contribution in [0, 0.1) is 38.2 Å². The molecule has 0 saturated carbocycles. The zero-order valence-electron chi connectivity index (χ0n) is 50.4. The van der Waals surface area contributed by atoms with E-state index < -0.39 is 71.5 Å². The van der Waals surface area contributed by atoms with Gasteiger partial charge in [0, 0.05) is 59.0 Å². The summed E-state index contributed by atoms with van der Waals surface area (Å²) in [4.78, 5) is 31.5. The fraction of sp³-hybridized carbons (Fsp3) is 0.354. The van der Waals surface area contributed by atoms with E-state index in [-0.39, 0.29) is 16.7 Å². The van der Waals surface area contributed by atoms with E-state index in [1.807, 2.05) is 24.3 Å². The molecule has 89 heavy (non-hydrogen) atoms. The van der Waals surface area contributed by atoms with Crippen LogP contribution < -0.4 is 40.0 Å². The number of methoxy groups -OCH3 is 3. The molecule has 2 fully saturated rings. The topological polar surface area (TPSA) is 148 Å². The highest BCUT2D eigenvalue weighted by Gasteiger charge is 2.27. The second-order valence-corrected chi connectivity index (χ2v) is 22.4. The highest BCUT2D eigenvalue weighted by Crippen LogP contribution is 2.41. The lowest BCUT2D eigenvalue weighted by Gasteiger charge is -2.22. The molecule has 2 saturated heterocycles. The van der Waals surface area contributed by atoms with E-state index in [2.05, 4.69) is 71.6 Å². The van der Waals surface area contributed by atoms with Crippen molar-refractivity contribution in [3.63, 3.8) is 0 Å². The Morgan fingerprint density at radius 1 is 0.416 bits per heavy atom. The van der Waals surface area contributed by atoms with Crippen molar-refractivity contribution < 1.29 is 53.7 Å². The lowest BCUT2D eigenvalue weighted by Crippen LogP contribution is -2.18.